The molecule has 4 aromatic rings. The minimum Gasteiger partial charge on any atom is -0.407 e. The first-order valence-electron chi connectivity index (χ1n) is 9.65. The van der Waals surface area contributed by atoms with E-state index in [1.54, 1.807) is 11.3 Å². The molecule has 0 amide bonds. The molecule has 2 heterocycles. The summed E-state index contributed by atoms with van der Waals surface area (Å²) in [5.74, 6) is 0.0124. The Kier molecular flexibility index (Phi) is 4.49. The highest BCUT2D eigenvalue weighted by molar-refractivity contribution is 7.13. The first kappa shape index (κ1) is 17.8. The molecule has 0 atom stereocenters. The predicted octanol–water partition coefficient (Wildman–Crippen LogP) is 6.17. The van der Waals surface area contributed by atoms with E-state index in [0.29, 0.717) is 5.88 Å². The lowest BCUT2D eigenvalue weighted by Gasteiger charge is -2.25. The maximum absolute atomic E-state index is 11.9. The minimum atomic E-state index is -0.365. The summed E-state index contributed by atoms with van der Waals surface area (Å²) in [6.45, 7) is 1.43. The van der Waals surface area contributed by atoms with Crippen molar-refractivity contribution in [2.24, 2.45) is 0 Å². The van der Waals surface area contributed by atoms with Crippen LogP contribution in [0.4, 0.5) is 0 Å². The van der Waals surface area contributed by atoms with Crippen LogP contribution >= 0.6 is 11.3 Å². The number of ether oxygens (including phenoxy) is 1. The third-order valence-electron chi connectivity index (χ3n) is 5.25. The highest BCUT2D eigenvalue weighted by atomic mass is 32.1. The molecule has 0 saturated heterocycles. The fourth-order valence-corrected chi connectivity index (χ4v) is 4.88. The number of esters is 1. The van der Waals surface area contributed by atoms with Crippen LogP contribution in [0.5, 0.6) is 5.88 Å². The average molecular weight is 397 g/mol. The van der Waals surface area contributed by atoms with Gasteiger partial charge in [-0.25, -0.2) is 4.98 Å². The SMILES string of the molecule is CC(=O)Oc1nc2c(c(-c3cccs3)c1-c1ccccc1)CCc1ccccc1-2. The number of benzene rings is 2. The Balaban J connectivity index is 1.89. The number of thiophene rings is 1. The Morgan fingerprint density at radius 2 is 1.72 bits per heavy atom. The van der Waals surface area contributed by atoms with Gasteiger partial charge >= 0.3 is 5.97 Å². The molecule has 0 spiro atoms. The summed E-state index contributed by atoms with van der Waals surface area (Å²) >= 11 is 1.70. The first-order chi connectivity index (χ1) is 14.2. The molecule has 0 unspecified atom stereocenters. The van der Waals surface area contributed by atoms with Crippen molar-refractivity contribution < 1.29 is 9.53 Å². The zero-order valence-corrected chi connectivity index (χ0v) is 16.8. The number of rotatable bonds is 3. The van der Waals surface area contributed by atoms with Gasteiger partial charge in [-0.15, -0.1) is 11.3 Å². The topological polar surface area (TPSA) is 39.2 Å². The molecule has 0 saturated carbocycles. The van der Waals surface area contributed by atoms with E-state index < -0.39 is 0 Å². The van der Waals surface area contributed by atoms with Crippen molar-refractivity contribution in [3.05, 3.63) is 83.2 Å². The van der Waals surface area contributed by atoms with Crippen LogP contribution in [0.25, 0.3) is 32.8 Å². The van der Waals surface area contributed by atoms with Gasteiger partial charge in [-0.3, -0.25) is 4.79 Å². The molecule has 0 fully saturated rings. The van der Waals surface area contributed by atoms with Crippen molar-refractivity contribution in [3.63, 3.8) is 0 Å². The van der Waals surface area contributed by atoms with Gasteiger partial charge in [-0.05, 0) is 41.0 Å². The van der Waals surface area contributed by atoms with Crippen LogP contribution in [0, 0.1) is 0 Å². The van der Waals surface area contributed by atoms with Crippen molar-refractivity contribution in [2.75, 3.05) is 0 Å². The predicted molar refractivity (Wildman–Crippen MR) is 117 cm³/mol. The summed E-state index contributed by atoms with van der Waals surface area (Å²) in [6.07, 6.45) is 1.89. The summed E-state index contributed by atoms with van der Waals surface area (Å²) in [4.78, 5) is 18.0. The molecule has 0 N–H and O–H groups in total. The molecule has 4 heteroatoms. The fraction of sp³-hybridized carbons (Fsp3) is 0.120. The Labute approximate surface area is 173 Å². The van der Waals surface area contributed by atoms with Gasteiger partial charge in [-0.2, -0.15) is 0 Å². The molecule has 2 aromatic heterocycles. The van der Waals surface area contributed by atoms with Crippen LogP contribution in [-0.2, 0) is 17.6 Å². The van der Waals surface area contributed by atoms with Gasteiger partial charge in [0.2, 0.25) is 5.88 Å². The number of fused-ring (bicyclic) bond motifs is 3. The van der Waals surface area contributed by atoms with E-state index in [2.05, 4.69) is 35.7 Å². The van der Waals surface area contributed by atoms with E-state index in [1.807, 2.05) is 36.4 Å². The lowest BCUT2D eigenvalue weighted by Crippen LogP contribution is -2.12. The molecule has 142 valence electrons. The maximum Gasteiger partial charge on any atom is 0.309 e. The van der Waals surface area contributed by atoms with Gasteiger partial charge in [0.25, 0.3) is 0 Å². The van der Waals surface area contributed by atoms with Crippen LogP contribution in [0.15, 0.2) is 72.1 Å². The number of nitrogens with zero attached hydrogens (tertiary/aromatic N) is 1. The highest BCUT2D eigenvalue weighted by Gasteiger charge is 2.28. The molecule has 3 nitrogen and oxygen atoms in total. The third kappa shape index (κ3) is 3.15. The van der Waals surface area contributed by atoms with E-state index in [1.165, 1.54) is 18.1 Å². The lowest BCUT2D eigenvalue weighted by molar-refractivity contribution is -0.132. The summed E-state index contributed by atoms with van der Waals surface area (Å²) in [7, 11) is 0. The molecule has 0 radical (unpaired) electrons. The third-order valence-corrected chi connectivity index (χ3v) is 6.14. The lowest BCUT2D eigenvalue weighted by atomic mass is 9.83. The zero-order valence-electron chi connectivity index (χ0n) is 16.0. The monoisotopic (exact) mass is 397 g/mol. The molecule has 0 aliphatic heterocycles. The molecule has 29 heavy (non-hydrogen) atoms. The van der Waals surface area contributed by atoms with Crippen LogP contribution < -0.4 is 4.74 Å². The van der Waals surface area contributed by atoms with Gasteiger partial charge in [-0.1, -0.05) is 60.7 Å². The Bertz CT molecular complexity index is 1200. The second-order valence-corrected chi connectivity index (χ2v) is 8.04. The van der Waals surface area contributed by atoms with Crippen LogP contribution in [0.1, 0.15) is 18.1 Å². The molecule has 2 aromatic carbocycles. The summed E-state index contributed by atoms with van der Waals surface area (Å²) in [6, 6.07) is 22.6. The Hall–Kier alpha value is -3.24. The van der Waals surface area contributed by atoms with Crippen molar-refractivity contribution >= 4 is 17.3 Å². The second-order valence-electron chi connectivity index (χ2n) is 7.09. The molecular formula is C25H19NO2S. The van der Waals surface area contributed by atoms with Crippen LogP contribution in [0.3, 0.4) is 0 Å². The molecule has 5 rings (SSSR count). The number of pyridine rings is 1. The number of aryl methyl sites for hydroxylation is 1. The standard InChI is InChI=1S/C25H19NO2S/c1-16(27)28-25-22(18-9-3-2-4-10-18)23(21-12-7-15-29-21)20-14-13-17-8-5-6-11-19(17)24(20)26-25/h2-12,15H,13-14H2,1H3. The molecule has 1 aliphatic rings. The van der Waals surface area contributed by atoms with Crippen molar-refractivity contribution in [1.29, 1.82) is 0 Å². The van der Waals surface area contributed by atoms with Gasteiger partial charge < -0.3 is 4.74 Å². The van der Waals surface area contributed by atoms with Crippen molar-refractivity contribution in [1.82, 2.24) is 4.98 Å². The summed E-state index contributed by atoms with van der Waals surface area (Å²) < 4.78 is 5.67. The molecule has 1 aliphatic carbocycles. The normalized spacial score (nSPS) is 12.2. The van der Waals surface area contributed by atoms with Gasteiger partial charge in [0.05, 0.1) is 11.3 Å². The first-order valence-corrected chi connectivity index (χ1v) is 10.5. The highest BCUT2D eigenvalue weighted by Crippen LogP contribution is 2.47. The number of carbonyl (C=O) groups excluding carboxylic acids is 1. The smallest absolute Gasteiger partial charge is 0.309 e. The van der Waals surface area contributed by atoms with E-state index >= 15 is 0 Å². The van der Waals surface area contributed by atoms with E-state index in [4.69, 9.17) is 9.72 Å². The van der Waals surface area contributed by atoms with Crippen molar-refractivity contribution in [2.45, 2.75) is 19.8 Å². The minimum absolute atomic E-state index is 0.365. The Morgan fingerprint density at radius 3 is 2.48 bits per heavy atom. The number of aromatic nitrogens is 1. The number of hydrogen-bond donors (Lipinski definition) is 0. The van der Waals surface area contributed by atoms with Gasteiger partial charge in [0.15, 0.2) is 0 Å². The Morgan fingerprint density at radius 1 is 0.931 bits per heavy atom. The fourth-order valence-electron chi connectivity index (χ4n) is 4.07. The van der Waals surface area contributed by atoms with Gasteiger partial charge in [0.1, 0.15) is 0 Å². The summed E-state index contributed by atoms with van der Waals surface area (Å²) in [5.41, 5.74) is 7.57. The second kappa shape index (κ2) is 7.30. The number of hydrogen-bond acceptors (Lipinski definition) is 4. The maximum atomic E-state index is 11.9. The van der Waals surface area contributed by atoms with E-state index in [9.17, 15) is 4.79 Å². The number of carbonyl (C=O) groups is 1. The van der Waals surface area contributed by atoms with Gasteiger partial charge in [0, 0.05) is 22.9 Å². The molecule has 0 bridgehead atoms. The summed E-state index contributed by atoms with van der Waals surface area (Å²) in [5, 5.41) is 2.08. The quantitative estimate of drug-likeness (QED) is 0.388. The van der Waals surface area contributed by atoms with Crippen LogP contribution in [-0.4, -0.2) is 11.0 Å². The van der Waals surface area contributed by atoms with Crippen molar-refractivity contribution in [3.8, 4) is 38.7 Å². The van der Waals surface area contributed by atoms with E-state index in [-0.39, 0.29) is 5.97 Å². The average Bonchev–Trinajstić information content (AvgIpc) is 3.27. The largest absolute Gasteiger partial charge is 0.407 e. The zero-order chi connectivity index (χ0) is 19.8. The molecular weight excluding hydrogens is 378 g/mol. The van der Waals surface area contributed by atoms with E-state index in [0.717, 1.165) is 45.7 Å². The van der Waals surface area contributed by atoms with Crippen LogP contribution in [0.2, 0.25) is 0 Å².